The summed E-state index contributed by atoms with van der Waals surface area (Å²) in [5.74, 6) is -0.157. The molecular formula is C17H13F4NOS. The summed E-state index contributed by atoms with van der Waals surface area (Å²) in [5.41, 5.74) is 0.127. The van der Waals surface area contributed by atoms with E-state index in [9.17, 15) is 22.4 Å². The molecule has 0 aromatic heterocycles. The SMILES string of the molecule is O=C(c1cccc(F)c1)N1CCSC1c1ccc(C(F)(F)F)cc1. The van der Waals surface area contributed by atoms with Crippen LogP contribution in [-0.2, 0) is 6.18 Å². The van der Waals surface area contributed by atoms with E-state index in [1.165, 1.54) is 42.1 Å². The van der Waals surface area contributed by atoms with Gasteiger partial charge in [-0.25, -0.2) is 4.39 Å². The molecule has 2 aromatic rings. The molecule has 1 heterocycles. The van der Waals surface area contributed by atoms with Crippen molar-refractivity contribution in [3.8, 4) is 0 Å². The molecule has 126 valence electrons. The van der Waals surface area contributed by atoms with Crippen molar-refractivity contribution in [3.63, 3.8) is 0 Å². The molecule has 0 aliphatic carbocycles. The first-order valence-corrected chi connectivity index (χ1v) is 8.26. The molecule has 3 rings (SSSR count). The summed E-state index contributed by atoms with van der Waals surface area (Å²) >= 11 is 1.47. The van der Waals surface area contributed by atoms with Gasteiger partial charge in [-0.2, -0.15) is 13.2 Å². The van der Waals surface area contributed by atoms with E-state index in [0.29, 0.717) is 17.9 Å². The van der Waals surface area contributed by atoms with Crippen LogP contribution < -0.4 is 0 Å². The monoisotopic (exact) mass is 355 g/mol. The number of amides is 1. The molecule has 0 spiro atoms. The lowest BCUT2D eigenvalue weighted by Gasteiger charge is -2.24. The minimum atomic E-state index is -4.39. The van der Waals surface area contributed by atoms with Crippen LogP contribution in [0, 0.1) is 5.82 Å². The van der Waals surface area contributed by atoms with E-state index in [2.05, 4.69) is 0 Å². The average Bonchev–Trinajstić information content (AvgIpc) is 3.03. The lowest BCUT2D eigenvalue weighted by molar-refractivity contribution is -0.137. The molecule has 0 N–H and O–H groups in total. The highest BCUT2D eigenvalue weighted by molar-refractivity contribution is 7.99. The van der Waals surface area contributed by atoms with Crippen LogP contribution in [0.4, 0.5) is 17.6 Å². The van der Waals surface area contributed by atoms with Gasteiger partial charge in [0.05, 0.1) is 5.56 Å². The van der Waals surface area contributed by atoms with Gasteiger partial charge >= 0.3 is 6.18 Å². The molecule has 1 amide bonds. The molecule has 1 saturated heterocycles. The average molecular weight is 355 g/mol. The van der Waals surface area contributed by atoms with Gasteiger partial charge in [0.25, 0.3) is 5.91 Å². The van der Waals surface area contributed by atoms with Gasteiger partial charge in [-0.1, -0.05) is 18.2 Å². The van der Waals surface area contributed by atoms with Crippen LogP contribution in [0.1, 0.15) is 26.9 Å². The van der Waals surface area contributed by atoms with Gasteiger partial charge in [0.15, 0.2) is 0 Å². The van der Waals surface area contributed by atoms with Crippen molar-refractivity contribution in [1.82, 2.24) is 4.90 Å². The molecule has 24 heavy (non-hydrogen) atoms. The predicted molar refractivity (Wildman–Crippen MR) is 84.1 cm³/mol. The first kappa shape index (κ1) is 16.8. The van der Waals surface area contributed by atoms with Crippen LogP contribution in [0.5, 0.6) is 0 Å². The highest BCUT2D eigenvalue weighted by Gasteiger charge is 2.33. The first-order chi connectivity index (χ1) is 11.4. The fourth-order valence-corrected chi connectivity index (χ4v) is 3.83. The topological polar surface area (TPSA) is 20.3 Å². The van der Waals surface area contributed by atoms with Crippen LogP contribution in [-0.4, -0.2) is 23.1 Å². The van der Waals surface area contributed by atoms with Gasteiger partial charge < -0.3 is 4.90 Å². The third-order valence-corrected chi connectivity index (χ3v) is 5.01. The number of thioether (sulfide) groups is 1. The smallest absolute Gasteiger partial charge is 0.322 e. The Labute approximate surface area is 140 Å². The van der Waals surface area contributed by atoms with E-state index in [4.69, 9.17) is 0 Å². The van der Waals surface area contributed by atoms with Gasteiger partial charge in [0.1, 0.15) is 11.2 Å². The Morgan fingerprint density at radius 1 is 1.12 bits per heavy atom. The summed E-state index contributed by atoms with van der Waals surface area (Å²) in [6.07, 6.45) is -4.39. The van der Waals surface area contributed by atoms with E-state index in [1.807, 2.05) is 0 Å². The molecule has 7 heteroatoms. The number of carbonyl (C=O) groups is 1. The zero-order valence-electron chi connectivity index (χ0n) is 12.4. The van der Waals surface area contributed by atoms with E-state index in [-0.39, 0.29) is 16.8 Å². The lowest BCUT2D eigenvalue weighted by atomic mass is 10.1. The Kier molecular flexibility index (Phi) is 4.54. The van der Waals surface area contributed by atoms with Crippen molar-refractivity contribution in [2.45, 2.75) is 11.6 Å². The summed E-state index contributed by atoms with van der Waals surface area (Å²) in [6, 6.07) is 10.2. The maximum Gasteiger partial charge on any atom is 0.416 e. The van der Waals surface area contributed by atoms with E-state index in [0.717, 1.165) is 18.2 Å². The van der Waals surface area contributed by atoms with E-state index < -0.39 is 17.6 Å². The second-order valence-electron chi connectivity index (χ2n) is 5.35. The van der Waals surface area contributed by atoms with Crippen LogP contribution in [0.2, 0.25) is 0 Å². The zero-order chi connectivity index (χ0) is 17.3. The third kappa shape index (κ3) is 3.40. The number of rotatable bonds is 2. The maximum atomic E-state index is 13.3. The highest BCUT2D eigenvalue weighted by atomic mass is 32.2. The van der Waals surface area contributed by atoms with Crippen molar-refractivity contribution in [2.75, 3.05) is 12.3 Å². The molecule has 1 aliphatic rings. The number of benzene rings is 2. The minimum Gasteiger partial charge on any atom is -0.322 e. The van der Waals surface area contributed by atoms with Gasteiger partial charge in [0.2, 0.25) is 0 Å². The fraction of sp³-hybridized carbons (Fsp3) is 0.235. The molecule has 0 saturated carbocycles. The Hall–Kier alpha value is -2.02. The second-order valence-corrected chi connectivity index (χ2v) is 6.54. The fourth-order valence-electron chi connectivity index (χ4n) is 2.58. The first-order valence-electron chi connectivity index (χ1n) is 7.21. The summed E-state index contributed by atoms with van der Waals surface area (Å²) in [7, 11) is 0. The normalized spacial score (nSPS) is 18.0. The molecule has 1 fully saturated rings. The molecular weight excluding hydrogens is 342 g/mol. The molecule has 0 radical (unpaired) electrons. The number of halogens is 4. The molecule has 2 aromatic carbocycles. The van der Waals surface area contributed by atoms with Crippen LogP contribution in [0.3, 0.4) is 0 Å². The zero-order valence-corrected chi connectivity index (χ0v) is 13.2. The van der Waals surface area contributed by atoms with Crippen LogP contribution in [0.15, 0.2) is 48.5 Å². The molecule has 2 nitrogen and oxygen atoms in total. The largest absolute Gasteiger partial charge is 0.416 e. The Balaban J connectivity index is 1.84. The predicted octanol–water partition coefficient (Wildman–Crippen LogP) is 4.73. The number of hydrogen-bond acceptors (Lipinski definition) is 2. The van der Waals surface area contributed by atoms with Gasteiger partial charge in [-0.3, -0.25) is 4.79 Å². The van der Waals surface area contributed by atoms with Crippen molar-refractivity contribution in [1.29, 1.82) is 0 Å². The van der Waals surface area contributed by atoms with Crippen molar-refractivity contribution >= 4 is 17.7 Å². The Morgan fingerprint density at radius 3 is 2.46 bits per heavy atom. The number of nitrogens with zero attached hydrogens (tertiary/aromatic N) is 1. The summed E-state index contributed by atoms with van der Waals surface area (Å²) in [6.45, 7) is 0.464. The lowest BCUT2D eigenvalue weighted by Crippen LogP contribution is -2.30. The van der Waals surface area contributed by atoms with Crippen molar-refractivity contribution in [2.24, 2.45) is 0 Å². The Bertz CT molecular complexity index is 745. The number of alkyl halides is 3. The van der Waals surface area contributed by atoms with Gasteiger partial charge in [-0.15, -0.1) is 11.8 Å². The second kappa shape index (κ2) is 6.47. The van der Waals surface area contributed by atoms with Gasteiger partial charge in [0, 0.05) is 17.9 Å². The third-order valence-electron chi connectivity index (χ3n) is 3.75. The highest BCUT2D eigenvalue weighted by Crippen LogP contribution is 2.39. The van der Waals surface area contributed by atoms with Crippen molar-refractivity contribution in [3.05, 3.63) is 71.0 Å². The maximum absolute atomic E-state index is 13.3. The van der Waals surface area contributed by atoms with Crippen LogP contribution >= 0.6 is 11.8 Å². The minimum absolute atomic E-state index is 0.231. The molecule has 1 atom stereocenters. The number of hydrogen-bond donors (Lipinski definition) is 0. The molecule has 0 bridgehead atoms. The number of carbonyl (C=O) groups excluding carboxylic acids is 1. The molecule has 1 aliphatic heterocycles. The molecule has 1 unspecified atom stereocenters. The summed E-state index contributed by atoms with van der Waals surface area (Å²) in [5, 5.41) is -0.372. The van der Waals surface area contributed by atoms with E-state index in [1.54, 1.807) is 4.90 Å². The quantitative estimate of drug-likeness (QED) is 0.726. The Morgan fingerprint density at radius 2 is 1.83 bits per heavy atom. The summed E-state index contributed by atoms with van der Waals surface area (Å²) in [4.78, 5) is 14.1. The van der Waals surface area contributed by atoms with Crippen molar-refractivity contribution < 1.29 is 22.4 Å². The van der Waals surface area contributed by atoms with Gasteiger partial charge in [-0.05, 0) is 35.9 Å². The standard InChI is InChI=1S/C17H13F4NOS/c18-14-3-1-2-12(10-14)15(23)22-8-9-24-16(22)11-4-6-13(7-5-11)17(19,20)21/h1-7,10,16H,8-9H2. The van der Waals surface area contributed by atoms with E-state index >= 15 is 0 Å². The summed E-state index contributed by atoms with van der Waals surface area (Å²) < 4.78 is 51.3. The van der Waals surface area contributed by atoms with Crippen LogP contribution in [0.25, 0.3) is 0 Å².